The fourth-order valence-electron chi connectivity index (χ4n) is 3.90. The van der Waals surface area contributed by atoms with E-state index in [0.29, 0.717) is 24.3 Å². The highest BCUT2D eigenvalue weighted by molar-refractivity contribution is 7.92. The maximum absolute atomic E-state index is 13.3. The normalized spacial score (nSPS) is 12.1. The van der Waals surface area contributed by atoms with Gasteiger partial charge in [-0.15, -0.1) is 0 Å². The molecule has 0 spiro atoms. The maximum atomic E-state index is 13.3. The van der Waals surface area contributed by atoms with Gasteiger partial charge < -0.3 is 15.0 Å². The minimum Gasteiger partial charge on any atom is -0.497 e. The first-order valence-electron chi connectivity index (χ1n) is 11.7. The minimum atomic E-state index is -3.53. The van der Waals surface area contributed by atoms with Crippen LogP contribution in [0.4, 0.5) is 5.69 Å². The molecule has 2 amide bonds. The van der Waals surface area contributed by atoms with Crippen LogP contribution >= 0.6 is 0 Å². The van der Waals surface area contributed by atoms with Crippen molar-refractivity contribution in [3.63, 3.8) is 0 Å². The summed E-state index contributed by atoms with van der Waals surface area (Å²) in [5.41, 5.74) is 3.52. The van der Waals surface area contributed by atoms with E-state index in [9.17, 15) is 18.0 Å². The van der Waals surface area contributed by atoms with E-state index in [0.717, 1.165) is 16.7 Å². The second-order valence-corrected chi connectivity index (χ2v) is 10.5. The van der Waals surface area contributed by atoms with Gasteiger partial charge >= 0.3 is 0 Å². The van der Waals surface area contributed by atoms with E-state index in [1.807, 2.05) is 57.2 Å². The van der Waals surface area contributed by atoms with Crippen molar-refractivity contribution in [2.24, 2.45) is 0 Å². The molecule has 192 valence electrons. The molecule has 2 aromatic rings. The monoisotopic (exact) mass is 503 g/mol. The summed E-state index contributed by atoms with van der Waals surface area (Å²) >= 11 is 0. The lowest BCUT2D eigenvalue weighted by Gasteiger charge is -2.31. The molecular formula is C26H37N3O5S. The number of hydrogen-bond donors (Lipinski definition) is 1. The lowest BCUT2D eigenvalue weighted by Crippen LogP contribution is -2.48. The number of carbonyl (C=O) groups is 2. The molecule has 1 N–H and O–H groups in total. The standard InChI is InChI=1S/C26H37N3O5S/c1-7-24(26(31)27-4)28(18-21-11-14-23(34-5)15-12-21)25(30)9-8-16-29(35(6,32)33)22-13-10-19(2)20(3)17-22/h10-15,17,24H,7-9,16,18H2,1-6H3,(H,27,31)/t24-/m0/s1. The van der Waals surface area contributed by atoms with Crippen molar-refractivity contribution in [1.82, 2.24) is 10.2 Å². The molecule has 8 nitrogen and oxygen atoms in total. The summed E-state index contributed by atoms with van der Waals surface area (Å²) < 4.78 is 31.5. The van der Waals surface area contributed by atoms with Gasteiger partial charge in [-0.25, -0.2) is 8.42 Å². The molecule has 0 radical (unpaired) electrons. The molecule has 2 aromatic carbocycles. The van der Waals surface area contributed by atoms with E-state index in [4.69, 9.17) is 4.74 Å². The van der Waals surface area contributed by atoms with Crippen LogP contribution in [0, 0.1) is 13.8 Å². The number of nitrogens with zero attached hydrogens (tertiary/aromatic N) is 2. The number of amides is 2. The fourth-order valence-corrected chi connectivity index (χ4v) is 4.86. The Labute approximate surface area is 209 Å². The molecule has 35 heavy (non-hydrogen) atoms. The minimum absolute atomic E-state index is 0.112. The van der Waals surface area contributed by atoms with Gasteiger partial charge in [-0.3, -0.25) is 13.9 Å². The van der Waals surface area contributed by atoms with Crippen LogP contribution in [0.25, 0.3) is 0 Å². The van der Waals surface area contributed by atoms with Gasteiger partial charge in [-0.05, 0) is 67.6 Å². The molecule has 0 heterocycles. The number of rotatable bonds is 12. The van der Waals surface area contributed by atoms with Crippen molar-refractivity contribution in [2.75, 3.05) is 31.3 Å². The number of ether oxygens (including phenoxy) is 1. The summed E-state index contributed by atoms with van der Waals surface area (Å²) in [6.07, 6.45) is 2.06. The van der Waals surface area contributed by atoms with Gasteiger partial charge in [-0.1, -0.05) is 25.1 Å². The third-order valence-corrected chi connectivity index (χ3v) is 7.27. The highest BCUT2D eigenvalue weighted by atomic mass is 32.2. The molecule has 0 saturated carbocycles. The maximum Gasteiger partial charge on any atom is 0.242 e. The molecule has 1 atom stereocenters. The molecule has 0 fully saturated rings. The summed E-state index contributed by atoms with van der Waals surface area (Å²) in [6, 6.07) is 12.2. The fraction of sp³-hybridized carbons (Fsp3) is 0.462. The van der Waals surface area contributed by atoms with E-state index in [1.54, 1.807) is 25.1 Å². The van der Waals surface area contributed by atoms with Gasteiger partial charge in [-0.2, -0.15) is 0 Å². The number of aryl methyl sites for hydroxylation is 2. The van der Waals surface area contributed by atoms with Crippen molar-refractivity contribution in [2.45, 2.75) is 52.6 Å². The Morgan fingerprint density at radius 1 is 1.06 bits per heavy atom. The largest absolute Gasteiger partial charge is 0.497 e. The third-order valence-electron chi connectivity index (χ3n) is 6.07. The molecule has 0 bridgehead atoms. The van der Waals surface area contributed by atoms with Crippen LogP contribution in [0.15, 0.2) is 42.5 Å². The number of hydrogen-bond acceptors (Lipinski definition) is 5. The quantitative estimate of drug-likeness (QED) is 0.479. The average molecular weight is 504 g/mol. The molecular weight excluding hydrogens is 466 g/mol. The van der Waals surface area contributed by atoms with Gasteiger partial charge in [0.2, 0.25) is 21.8 Å². The van der Waals surface area contributed by atoms with Crippen molar-refractivity contribution >= 4 is 27.5 Å². The van der Waals surface area contributed by atoms with Crippen molar-refractivity contribution < 1.29 is 22.7 Å². The number of carbonyl (C=O) groups excluding carboxylic acids is 2. The van der Waals surface area contributed by atoms with Gasteiger partial charge in [0.1, 0.15) is 11.8 Å². The van der Waals surface area contributed by atoms with Crippen LogP contribution < -0.4 is 14.4 Å². The van der Waals surface area contributed by atoms with Crippen LogP contribution in [0.5, 0.6) is 5.75 Å². The molecule has 9 heteroatoms. The Bertz CT molecular complexity index is 1120. The summed E-state index contributed by atoms with van der Waals surface area (Å²) in [7, 11) is -0.392. The highest BCUT2D eigenvalue weighted by Gasteiger charge is 2.28. The van der Waals surface area contributed by atoms with E-state index >= 15 is 0 Å². The van der Waals surface area contributed by atoms with Gasteiger partial charge in [0, 0.05) is 26.6 Å². The number of anilines is 1. The highest BCUT2D eigenvalue weighted by Crippen LogP contribution is 2.22. The van der Waals surface area contributed by atoms with Crippen LogP contribution in [-0.4, -0.2) is 58.1 Å². The number of likely N-dealkylation sites (N-methyl/N-ethyl adjacent to an activating group) is 1. The van der Waals surface area contributed by atoms with Gasteiger partial charge in [0.05, 0.1) is 19.1 Å². The summed E-state index contributed by atoms with van der Waals surface area (Å²) in [5, 5.41) is 2.64. The molecule has 2 rings (SSSR count). The number of sulfonamides is 1. The summed E-state index contributed by atoms with van der Waals surface area (Å²) in [5.74, 6) is 0.268. The molecule has 0 aliphatic heterocycles. The molecule has 0 aromatic heterocycles. The number of nitrogens with one attached hydrogen (secondary N) is 1. The Morgan fingerprint density at radius 3 is 2.23 bits per heavy atom. The Balaban J connectivity index is 2.20. The molecule has 0 aliphatic rings. The second kappa shape index (κ2) is 12.6. The topological polar surface area (TPSA) is 96.0 Å². The molecule has 0 unspecified atom stereocenters. The van der Waals surface area contributed by atoms with E-state index in [-0.39, 0.29) is 31.3 Å². The SMILES string of the molecule is CC[C@@H](C(=O)NC)N(Cc1ccc(OC)cc1)C(=O)CCCN(c1ccc(C)c(C)c1)S(C)(=O)=O. The number of benzene rings is 2. The van der Waals surface area contributed by atoms with Crippen molar-refractivity contribution in [1.29, 1.82) is 0 Å². The van der Waals surface area contributed by atoms with Crippen LogP contribution in [0.1, 0.15) is 42.9 Å². The Hall–Kier alpha value is -3.07. The lowest BCUT2D eigenvalue weighted by molar-refractivity contribution is -0.141. The predicted molar refractivity (Wildman–Crippen MR) is 139 cm³/mol. The zero-order valence-electron chi connectivity index (χ0n) is 21.5. The summed E-state index contributed by atoms with van der Waals surface area (Å²) in [6.45, 7) is 6.20. The van der Waals surface area contributed by atoms with Crippen LogP contribution in [-0.2, 0) is 26.2 Å². The van der Waals surface area contributed by atoms with Crippen LogP contribution in [0.3, 0.4) is 0 Å². The van der Waals surface area contributed by atoms with Crippen molar-refractivity contribution in [3.8, 4) is 5.75 Å². The first-order valence-corrected chi connectivity index (χ1v) is 13.6. The van der Waals surface area contributed by atoms with Gasteiger partial charge in [0.15, 0.2) is 0 Å². The zero-order chi connectivity index (χ0) is 26.2. The Kier molecular flexibility index (Phi) is 10.1. The predicted octanol–water partition coefficient (Wildman–Crippen LogP) is 3.41. The Morgan fingerprint density at radius 2 is 1.71 bits per heavy atom. The zero-order valence-corrected chi connectivity index (χ0v) is 22.3. The molecule has 0 saturated heterocycles. The summed E-state index contributed by atoms with van der Waals surface area (Å²) in [4.78, 5) is 27.4. The van der Waals surface area contributed by atoms with Crippen molar-refractivity contribution in [3.05, 3.63) is 59.2 Å². The average Bonchev–Trinajstić information content (AvgIpc) is 2.82. The number of methoxy groups -OCH3 is 1. The van der Waals surface area contributed by atoms with Crippen LogP contribution in [0.2, 0.25) is 0 Å². The van der Waals surface area contributed by atoms with E-state index in [2.05, 4.69) is 5.32 Å². The molecule has 0 aliphatic carbocycles. The first kappa shape index (κ1) is 28.2. The first-order chi connectivity index (χ1) is 16.5. The smallest absolute Gasteiger partial charge is 0.242 e. The van der Waals surface area contributed by atoms with E-state index < -0.39 is 16.1 Å². The lowest BCUT2D eigenvalue weighted by atomic mass is 10.1. The second-order valence-electron chi connectivity index (χ2n) is 8.62. The third kappa shape index (κ3) is 7.71. The van der Waals surface area contributed by atoms with E-state index in [1.165, 1.54) is 10.6 Å². The van der Waals surface area contributed by atoms with Gasteiger partial charge in [0.25, 0.3) is 0 Å².